The lowest BCUT2D eigenvalue weighted by Gasteiger charge is -2.22. The number of hydrogen-bond acceptors (Lipinski definition) is 5. The molecular weight excluding hydrogens is 376 g/mol. The highest BCUT2D eigenvalue weighted by Gasteiger charge is 2.25. The molecule has 0 radical (unpaired) electrons. The van der Waals surface area contributed by atoms with E-state index in [-0.39, 0.29) is 11.3 Å². The van der Waals surface area contributed by atoms with Crippen LogP contribution in [0.15, 0.2) is 84.4 Å². The second kappa shape index (κ2) is 8.39. The van der Waals surface area contributed by atoms with Gasteiger partial charge >= 0.3 is 0 Å². The van der Waals surface area contributed by atoms with Gasteiger partial charge in [0.15, 0.2) is 0 Å². The Kier molecular flexibility index (Phi) is 5.74. The van der Waals surface area contributed by atoms with Crippen molar-refractivity contribution in [1.82, 2.24) is 0 Å². The number of benzene rings is 3. The second-order valence-corrected chi connectivity index (χ2v) is 6.83. The van der Waals surface area contributed by atoms with Crippen molar-refractivity contribution in [3.05, 3.63) is 95.6 Å². The summed E-state index contributed by atoms with van der Waals surface area (Å²) in [6.45, 7) is 7.71. The van der Waals surface area contributed by atoms with Crippen LogP contribution in [-0.4, -0.2) is 0 Å². The lowest BCUT2D eigenvalue weighted by atomic mass is 9.87. The van der Waals surface area contributed by atoms with Crippen LogP contribution in [0, 0.1) is 22.7 Å². The van der Waals surface area contributed by atoms with E-state index >= 15 is 0 Å². The van der Waals surface area contributed by atoms with E-state index in [1.165, 1.54) is 0 Å². The molecule has 3 rings (SSSR count). The van der Waals surface area contributed by atoms with Crippen LogP contribution in [0.4, 0.5) is 11.4 Å². The summed E-state index contributed by atoms with van der Waals surface area (Å²) in [7, 11) is 0. The van der Waals surface area contributed by atoms with Crippen molar-refractivity contribution in [3.63, 3.8) is 0 Å². The minimum atomic E-state index is 0.257. The summed E-state index contributed by atoms with van der Waals surface area (Å²) in [5, 5.41) is 23.1. The fourth-order valence-electron chi connectivity index (χ4n) is 3.14. The van der Waals surface area contributed by atoms with Crippen LogP contribution >= 0.6 is 12.6 Å². The van der Waals surface area contributed by atoms with Crippen LogP contribution in [0.2, 0.25) is 0 Å². The van der Waals surface area contributed by atoms with E-state index in [1.54, 1.807) is 0 Å². The van der Waals surface area contributed by atoms with Crippen molar-refractivity contribution in [2.45, 2.75) is 0 Å². The number of thiol groups is 1. The molecule has 0 spiro atoms. The fraction of sp³-hybridized carbons (Fsp3) is 0. The van der Waals surface area contributed by atoms with Crippen LogP contribution < -0.4 is 11.1 Å². The zero-order valence-electron chi connectivity index (χ0n) is 15.6. The van der Waals surface area contributed by atoms with Crippen LogP contribution in [0.25, 0.3) is 22.3 Å². The highest BCUT2D eigenvalue weighted by molar-refractivity contribution is 7.84. The number of nitrogens with one attached hydrogen (secondary N) is 1. The molecule has 140 valence electrons. The average molecular weight is 395 g/mol. The Morgan fingerprint density at radius 3 is 1.76 bits per heavy atom. The van der Waals surface area contributed by atoms with E-state index in [1.807, 2.05) is 60.7 Å². The van der Waals surface area contributed by atoms with Crippen molar-refractivity contribution in [1.29, 1.82) is 10.5 Å². The molecule has 5 heteroatoms. The molecule has 0 aliphatic carbocycles. The van der Waals surface area contributed by atoms with Gasteiger partial charge in [0.25, 0.3) is 0 Å². The molecule has 0 aliphatic rings. The van der Waals surface area contributed by atoms with Crippen molar-refractivity contribution < 1.29 is 0 Å². The Morgan fingerprint density at radius 1 is 0.828 bits per heavy atom. The van der Waals surface area contributed by atoms with E-state index < -0.39 is 0 Å². The first-order chi connectivity index (χ1) is 14.0. The molecule has 0 heterocycles. The standard InChI is InChI=1S/C24H18N4S/c1-15(16(2)29)28-24-20(14-26)21(17-9-5-3-6-10-17)19(13-25)23(27)22(24)18-11-7-4-8-12-18/h3-12,28-29H,1-2,27H2. The highest BCUT2D eigenvalue weighted by Crippen LogP contribution is 2.45. The van der Waals surface area contributed by atoms with E-state index in [4.69, 9.17) is 5.73 Å². The van der Waals surface area contributed by atoms with Gasteiger partial charge in [0.05, 0.1) is 22.5 Å². The van der Waals surface area contributed by atoms with E-state index in [0.717, 1.165) is 11.1 Å². The summed E-state index contributed by atoms with van der Waals surface area (Å²) in [6, 6.07) is 23.1. The number of nitrogens with two attached hydrogens (primary N) is 1. The number of hydrogen-bond donors (Lipinski definition) is 3. The predicted octanol–water partition coefficient (Wildman–Crippen LogP) is 5.72. The summed E-state index contributed by atoms with van der Waals surface area (Å²) in [6.07, 6.45) is 0. The first-order valence-electron chi connectivity index (χ1n) is 8.74. The molecule has 29 heavy (non-hydrogen) atoms. The van der Waals surface area contributed by atoms with E-state index in [2.05, 4.69) is 43.2 Å². The zero-order valence-corrected chi connectivity index (χ0v) is 16.5. The molecule has 0 saturated carbocycles. The molecular formula is C24H18N4S. The van der Waals surface area contributed by atoms with Gasteiger partial charge in [-0.25, -0.2) is 0 Å². The van der Waals surface area contributed by atoms with Crippen molar-refractivity contribution in [3.8, 4) is 34.4 Å². The third-order valence-electron chi connectivity index (χ3n) is 4.51. The van der Waals surface area contributed by atoms with Gasteiger partial charge in [0.1, 0.15) is 12.1 Å². The van der Waals surface area contributed by atoms with Gasteiger partial charge in [0, 0.05) is 21.7 Å². The number of anilines is 2. The van der Waals surface area contributed by atoms with Crippen molar-refractivity contribution in [2.24, 2.45) is 0 Å². The SMILES string of the molecule is C=C(S)C(=C)Nc1c(C#N)c(-c2ccccc2)c(C#N)c(N)c1-c1ccccc1. The largest absolute Gasteiger partial charge is 0.397 e. The van der Waals surface area contributed by atoms with Gasteiger partial charge < -0.3 is 11.1 Å². The Labute approximate surface area is 175 Å². The van der Waals surface area contributed by atoms with Crippen molar-refractivity contribution >= 4 is 24.0 Å². The normalized spacial score (nSPS) is 9.90. The first kappa shape index (κ1) is 19.8. The minimum Gasteiger partial charge on any atom is -0.397 e. The number of rotatable bonds is 5. The van der Waals surface area contributed by atoms with Gasteiger partial charge in [-0.2, -0.15) is 10.5 Å². The maximum absolute atomic E-state index is 10.1. The molecule has 0 aliphatic heterocycles. The molecule has 0 aromatic heterocycles. The third kappa shape index (κ3) is 3.73. The summed E-state index contributed by atoms with van der Waals surface area (Å²) in [5.74, 6) is 0. The zero-order chi connectivity index (χ0) is 21.0. The van der Waals surface area contributed by atoms with Crippen LogP contribution in [0.3, 0.4) is 0 Å². The molecule has 0 saturated heterocycles. The second-order valence-electron chi connectivity index (χ2n) is 6.29. The van der Waals surface area contributed by atoms with Gasteiger partial charge in [-0.15, -0.1) is 12.6 Å². The number of nitrogens with zero attached hydrogens (tertiary/aromatic N) is 2. The van der Waals surface area contributed by atoms with Crippen LogP contribution in [0.1, 0.15) is 11.1 Å². The van der Waals surface area contributed by atoms with Crippen molar-refractivity contribution in [2.75, 3.05) is 11.1 Å². The molecule has 3 aromatic carbocycles. The third-order valence-corrected chi connectivity index (χ3v) is 4.78. The lowest BCUT2D eigenvalue weighted by Crippen LogP contribution is -2.08. The van der Waals surface area contributed by atoms with Crippen LogP contribution in [-0.2, 0) is 0 Å². The average Bonchev–Trinajstić information content (AvgIpc) is 2.74. The van der Waals surface area contributed by atoms with Gasteiger partial charge in [-0.05, 0) is 11.1 Å². The number of nitrogen functional groups attached to an aromatic ring is 1. The molecule has 0 unspecified atom stereocenters. The molecule has 0 amide bonds. The summed E-state index contributed by atoms with van der Waals surface area (Å²) < 4.78 is 0. The smallest absolute Gasteiger partial charge is 0.102 e. The molecule has 4 nitrogen and oxygen atoms in total. The minimum absolute atomic E-state index is 0.257. The Morgan fingerprint density at radius 2 is 1.31 bits per heavy atom. The van der Waals surface area contributed by atoms with E-state index in [0.29, 0.717) is 33.0 Å². The highest BCUT2D eigenvalue weighted by atomic mass is 32.1. The predicted molar refractivity (Wildman–Crippen MR) is 122 cm³/mol. The van der Waals surface area contributed by atoms with Gasteiger partial charge in [0.2, 0.25) is 0 Å². The lowest BCUT2D eigenvalue weighted by molar-refractivity contribution is 1.40. The molecule has 0 atom stereocenters. The number of nitriles is 2. The summed E-state index contributed by atoms with van der Waals surface area (Å²) in [5.41, 5.74) is 10.8. The van der Waals surface area contributed by atoms with E-state index in [9.17, 15) is 10.5 Å². The summed E-state index contributed by atoms with van der Waals surface area (Å²) >= 11 is 4.25. The molecule has 0 bridgehead atoms. The Hall–Kier alpha value is -3.93. The van der Waals surface area contributed by atoms with Gasteiger partial charge in [-0.3, -0.25) is 0 Å². The van der Waals surface area contributed by atoms with Crippen LogP contribution in [0.5, 0.6) is 0 Å². The fourth-order valence-corrected chi connectivity index (χ4v) is 3.20. The quantitative estimate of drug-likeness (QED) is 0.294. The molecule has 3 aromatic rings. The Balaban J connectivity index is 2.47. The monoisotopic (exact) mass is 394 g/mol. The molecule has 3 N–H and O–H groups in total. The summed E-state index contributed by atoms with van der Waals surface area (Å²) in [4.78, 5) is 0.428. The van der Waals surface area contributed by atoms with Gasteiger partial charge in [-0.1, -0.05) is 73.8 Å². The topological polar surface area (TPSA) is 85.6 Å². The maximum atomic E-state index is 10.1. The first-order valence-corrected chi connectivity index (χ1v) is 9.19. The maximum Gasteiger partial charge on any atom is 0.102 e. The molecule has 0 fully saturated rings. The Bertz CT molecular complexity index is 1180.